The molecule has 4 heteroatoms. The number of pyridine rings is 1. The van der Waals surface area contributed by atoms with Crippen molar-refractivity contribution >= 4 is 5.97 Å². The van der Waals surface area contributed by atoms with Gasteiger partial charge in [-0.1, -0.05) is 0 Å². The summed E-state index contributed by atoms with van der Waals surface area (Å²) in [5.74, 6) is -0.271. The maximum atomic E-state index is 10.3. The van der Waals surface area contributed by atoms with Gasteiger partial charge in [0.15, 0.2) is 0 Å². The molecule has 0 amide bonds. The normalized spacial score (nSPS) is 12.1. The molecule has 1 rings (SSSR count). The molecule has 1 heterocycles. The first-order valence-electron chi connectivity index (χ1n) is 3.97. The zero-order valence-electron chi connectivity index (χ0n) is 7.30. The first kappa shape index (κ1) is 9.51. The SMILES string of the molecule is C[C@@H](CC(=O)O)Oc1cccnc1. The topological polar surface area (TPSA) is 59.4 Å². The lowest BCUT2D eigenvalue weighted by molar-refractivity contribution is -0.138. The fraction of sp³-hybridized carbons (Fsp3) is 0.333. The van der Waals surface area contributed by atoms with E-state index >= 15 is 0 Å². The van der Waals surface area contributed by atoms with Crippen molar-refractivity contribution in [2.75, 3.05) is 0 Å². The number of ether oxygens (including phenoxy) is 1. The number of hydrogen-bond acceptors (Lipinski definition) is 3. The van der Waals surface area contributed by atoms with Crippen LogP contribution >= 0.6 is 0 Å². The summed E-state index contributed by atoms with van der Waals surface area (Å²) in [7, 11) is 0. The van der Waals surface area contributed by atoms with Gasteiger partial charge < -0.3 is 9.84 Å². The summed E-state index contributed by atoms with van der Waals surface area (Å²) in [6.45, 7) is 1.71. The minimum Gasteiger partial charge on any atom is -0.489 e. The number of rotatable bonds is 4. The molecule has 0 fully saturated rings. The van der Waals surface area contributed by atoms with Gasteiger partial charge in [-0.2, -0.15) is 0 Å². The van der Waals surface area contributed by atoms with E-state index in [0.717, 1.165) is 0 Å². The molecule has 0 aliphatic heterocycles. The van der Waals surface area contributed by atoms with Crippen molar-refractivity contribution in [3.8, 4) is 5.75 Å². The molecular weight excluding hydrogens is 170 g/mol. The first-order valence-corrected chi connectivity index (χ1v) is 3.97. The molecule has 1 aromatic heterocycles. The molecule has 0 unspecified atom stereocenters. The third-order valence-electron chi connectivity index (χ3n) is 1.43. The summed E-state index contributed by atoms with van der Waals surface area (Å²) < 4.78 is 5.28. The van der Waals surface area contributed by atoms with Gasteiger partial charge in [0.1, 0.15) is 11.9 Å². The van der Waals surface area contributed by atoms with Crippen LogP contribution < -0.4 is 4.74 Å². The highest BCUT2D eigenvalue weighted by Crippen LogP contribution is 2.10. The second-order valence-corrected chi connectivity index (χ2v) is 2.72. The Morgan fingerprint density at radius 1 is 1.77 bits per heavy atom. The van der Waals surface area contributed by atoms with Crippen LogP contribution in [0.2, 0.25) is 0 Å². The quantitative estimate of drug-likeness (QED) is 0.761. The zero-order valence-corrected chi connectivity index (χ0v) is 7.30. The van der Waals surface area contributed by atoms with E-state index in [-0.39, 0.29) is 12.5 Å². The molecule has 0 radical (unpaired) electrons. The molecule has 0 bridgehead atoms. The summed E-state index contributed by atoms with van der Waals surface area (Å²) in [6.07, 6.45) is 2.85. The van der Waals surface area contributed by atoms with E-state index < -0.39 is 5.97 Å². The zero-order chi connectivity index (χ0) is 9.68. The predicted molar refractivity (Wildman–Crippen MR) is 46.6 cm³/mol. The van der Waals surface area contributed by atoms with Crippen molar-refractivity contribution in [2.45, 2.75) is 19.4 Å². The van der Waals surface area contributed by atoms with Crippen LogP contribution in [0, 0.1) is 0 Å². The Hall–Kier alpha value is -1.58. The number of carboxylic acid groups (broad SMARTS) is 1. The molecule has 0 saturated heterocycles. The monoisotopic (exact) mass is 181 g/mol. The Morgan fingerprint density at radius 2 is 2.54 bits per heavy atom. The highest BCUT2D eigenvalue weighted by atomic mass is 16.5. The largest absolute Gasteiger partial charge is 0.489 e. The van der Waals surface area contributed by atoms with E-state index in [9.17, 15) is 4.79 Å². The molecule has 1 N–H and O–H groups in total. The Bertz CT molecular complexity index is 273. The van der Waals surface area contributed by atoms with Crippen molar-refractivity contribution < 1.29 is 14.6 Å². The lowest BCUT2D eigenvalue weighted by Gasteiger charge is -2.11. The summed E-state index contributed by atoms with van der Waals surface area (Å²) in [4.78, 5) is 14.1. The molecule has 13 heavy (non-hydrogen) atoms. The fourth-order valence-electron chi connectivity index (χ4n) is 0.937. The summed E-state index contributed by atoms with van der Waals surface area (Å²) in [5, 5.41) is 8.47. The Kier molecular flexibility index (Phi) is 3.25. The average molecular weight is 181 g/mol. The van der Waals surface area contributed by atoms with Gasteiger partial charge in [0.25, 0.3) is 0 Å². The fourth-order valence-corrected chi connectivity index (χ4v) is 0.937. The van der Waals surface area contributed by atoms with Gasteiger partial charge >= 0.3 is 5.97 Å². The molecule has 0 aromatic carbocycles. The molecule has 0 aliphatic rings. The Balaban J connectivity index is 2.45. The van der Waals surface area contributed by atoms with Crippen molar-refractivity contribution in [1.29, 1.82) is 0 Å². The second-order valence-electron chi connectivity index (χ2n) is 2.72. The molecule has 0 aliphatic carbocycles. The van der Waals surface area contributed by atoms with Gasteiger partial charge in [-0.15, -0.1) is 0 Å². The summed E-state index contributed by atoms with van der Waals surface area (Å²) in [5.41, 5.74) is 0. The van der Waals surface area contributed by atoms with Crippen LogP contribution in [0.15, 0.2) is 24.5 Å². The number of hydrogen-bond donors (Lipinski definition) is 1. The van der Waals surface area contributed by atoms with Gasteiger partial charge in [-0.25, -0.2) is 0 Å². The predicted octanol–water partition coefficient (Wildman–Crippen LogP) is 1.32. The lowest BCUT2D eigenvalue weighted by Crippen LogP contribution is -2.16. The van der Waals surface area contributed by atoms with Crippen molar-refractivity contribution in [3.05, 3.63) is 24.5 Å². The van der Waals surface area contributed by atoms with Gasteiger partial charge in [-0.3, -0.25) is 9.78 Å². The highest BCUT2D eigenvalue weighted by Gasteiger charge is 2.08. The van der Waals surface area contributed by atoms with Gasteiger partial charge in [0, 0.05) is 6.20 Å². The van der Waals surface area contributed by atoms with Gasteiger partial charge in [-0.05, 0) is 19.1 Å². The van der Waals surface area contributed by atoms with E-state index in [1.165, 1.54) is 0 Å². The van der Waals surface area contributed by atoms with Gasteiger partial charge in [0.2, 0.25) is 0 Å². The standard InChI is InChI=1S/C9H11NO3/c1-7(5-9(11)12)13-8-3-2-4-10-6-8/h2-4,6-7H,5H2,1H3,(H,11,12)/t7-/m0/s1. The molecule has 0 spiro atoms. The van der Waals surface area contributed by atoms with Crippen LogP contribution in [0.3, 0.4) is 0 Å². The number of carbonyl (C=O) groups is 1. The summed E-state index contributed by atoms with van der Waals surface area (Å²) >= 11 is 0. The molecule has 4 nitrogen and oxygen atoms in total. The Labute approximate surface area is 76.2 Å². The summed E-state index contributed by atoms with van der Waals surface area (Å²) in [6, 6.07) is 3.48. The van der Waals surface area contributed by atoms with E-state index in [0.29, 0.717) is 5.75 Å². The average Bonchev–Trinajstić information content (AvgIpc) is 2.04. The van der Waals surface area contributed by atoms with Crippen LogP contribution in [0.5, 0.6) is 5.75 Å². The van der Waals surface area contributed by atoms with E-state index in [4.69, 9.17) is 9.84 Å². The van der Waals surface area contributed by atoms with E-state index in [2.05, 4.69) is 4.98 Å². The highest BCUT2D eigenvalue weighted by molar-refractivity contribution is 5.67. The number of carboxylic acids is 1. The van der Waals surface area contributed by atoms with Crippen LogP contribution in [-0.2, 0) is 4.79 Å². The maximum absolute atomic E-state index is 10.3. The number of aromatic nitrogens is 1. The van der Waals surface area contributed by atoms with E-state index in [1.54, 1.807) is 31.5 Å². The van der Waals surface area contributed by atoms with Crippen LogP contribution in [0.4, 0.5) is 0 Å². The first-order chi connectivity index (χ1) is 6.18. The minimum absolute atomic E-state index is 0.00507. The molecule has 1 atom stereocenters. The lowest BCUT2D eigenvalue weighted by atomic mass is 10.3. The third kappa shape index (κ3) is 3.55. The van der Waals surface area contributed by atoms with Crippen LogP contribution in [-0.4, -0.2) is 22.2 Å². The molecular formula is C9H11NO3. The minimum atomic E-state index is -0.864. The number of aliphatic carboxylic acids is 1. The number of nitrogens with zero attached hydrogens (tertiary/aromatic N) is 1. The van der Waals surface area contributed by atoms with Crippen molar-refractivity contribution in [2.24, 2.45) is 0 Å². The maximum Gasteiger partial charge on any atom is 0.307 e. The van der Waals surface area contributed by atoms with Crippen LogP contribution in [0.25, 0.3) is 0 Å². The van der Waals surface area contributed by atoms with E-state index in [1.807, 2.05) is 0 Å². The van der Waals surface area contributed by atoms with Gasteiger partial charge in [0.05, 0.1) is 12.6 Å². The third-order valence-corrected chi connectivity index (χ3v) is 1.43. The molecule has 1 aromatic rings. The molecule has 0 saturated carbocycles. The van der Waals surface area contributed by atoms with Crippen LogP contribution in [0.1, 0.15) is 13.3 Å². The van der Waals surface area contributed by atoms with Crippen molar-refractivity contribution in [3.63, 3.8) is 0 Å². The molecule has 70 valence electrons. The van der Waals surface area contributed by atoms with Crippen molar-refractivity contribution in [1.82, 2.24) is 4.98 Å². The second kappa shape index (κ2) is 4.45. The smallest absolute Gasteiger partial charge is 0.307 e. The Morgan fingerprint density at radius 3 is 3.08 bits per heavy atom.